The lowest BCUT2D eigenvalue weighted by Gasteiger charge is -2.28. The van der Waals surface area contributed by atoms with E-state index in [2.05, 4.69) is 35.1 Å². The van der Waals surface area contributed by atoms with Crippen molar-refractivity contribution in [1.82, 2.24) is 9.97 Å². The molecule has 0 bridgehead atoms. The van der Waals surface area contributed by atoms with Crippen molar-refractivity contribution in [3.8, 4) is 0 Å². The van der Waals surface area contributed by atoms with Gasteiger partial charge in [0.25, 0.3) is 0 Å². The number of aromatic nitrogens is 2. The molecule has 1 aliphatic rings. The molecule has 5 heteroatoms. The highest BCUT2D eigenvalue weighted by Crippen LogP contribution is 2.40. The highest BCUT2D eigenvalue weighted by molar-refractivity contribution is 9.10. The lowest BCUT2D eigenvalue weighted by Crippen LogP contribution is -2.29. The Morgan fingerprint density at radius 3 is 2.48 bits per heavy atom. The third kappa shape index (κ3) is 3.39. The Morgan fingerprint density at radius 2 is 1.95 bits per heavy atom. The van der Waals surface area contributed by atoms with E-state index in [1.54, 1.807) is 0 Å². The molecule has 118 valence electrons. The second kappa shape index (κ2) is 7.05. The van der Waals surface area contributed by atoms with E-state index in [0.717, 1.165) is 28.2 Å². The Bertz CT molecular complexity index is 489. The summed E-state index contributed by atoms with van der Waals surface area (Å²) in [5.74, 6) is 2.19. The highest BCUT2D eigenvalue weighted by Gasteiger charge is 2.32. The van der Waals surface area contributed by atoms with Gasteiger partial charge in [0.1, 0.15) is 11.4 Å². The number of hydrogen-bond donors (Lipinski definition) is 1. The fraction of sp³-hybridized carbons (Fsp3) is 0.750. The smallest absolute Gasteiger partial charge is 0.162 e. The van der Waals surface area contributed by atoms with Crippen molar-refractivity contribution in [2.24, 2.45) is 0 Å². The van der Waals surface area contributed by atoms with Crippen LogP contribution in [-0.2, 0) is 10.3 Å². The molecule has 0 saturated heterocycles. The molecule has 1 atom stereocenters. The Labute approximate surface area is 136 Å². The summed E-state index contributed by atoms with van der Waals surface area (Å²) in [5.41, 5.74) is 0.718. The van der Waals surface area contributed by atoms with Crippen molar-refractivity contribution < 1.29 is 4.74 Å². The van der Waals surface area contributed by atoms with Gasteiger partial charge in [0, 0.05) is 19.6 Å². The summed E-state index contributed by atoms with van der Waals surface area (Å²) in [6.45, 7) is 6.88. The number of rotatable bonds is 6. The quantitative estimate of drug-likeness (QED) is 0.809. The van der Waals surface area contributed by atoms with Crippen LogP contribution in [0.25, 0.3) is 0 Å². The molecular formula is C16H26BrN3O. The van der Waals surface area contributed by atoms with Gasteiger partial charge in [-0.05, 0) is 49.0 Å². The number of nitrogens with one attached hydrogen (secondary N) is 1. The van der Waals surface area contributed by atoms with Gasteiger partial charge in [0.15, 0.2) is 5.82 Å². The maximum absolute atomic E-state index is 5.95. The van der Waals surface area contributed by atoms with Crippen LogP contribution in [0.4, 0.5) is 5.82 Å². The standard InChI is InChI=1S/C16H26BrN3O/c1-5-16(3,21-6-2)15-19-13(11-9-7-8-10-11)12(17)14(18-4)20-15/h11H,5-10H2,1-4H3,(H,18,19,20). The van der Waals surface area contributed by atoms with E-state index in [-0.39, 0.29) is 0 Å². The summed E-state index contributed by atoms with van der Waals surface area (Å²) in [6.07, 6.45) is 5.88. The van der Waals surface area contributed by atoms with E-state index in [1.807, 2.05) is 14.0 Å². The fourth-order valence-corrected chi connectivity index (χ4v) is 3.68. The van der Waals surface area contributed by atoms with Crippen molar-refractivity contribution in [2.75, 3.05) is 19.0 Å². The predicted octanol–water partition coefficient (Wildman–Crippen LogP) is 4.60. The third-order valence-corrected chi connectivity index (χ3v) is 5.25. The summed E-state index contributed by atoms with van der Waals surface area (Å²) in [6, 6.07) is 0. The van der Waals surface area contributed by atoms with Crippen LogP contribution in [0.15, 0.2) is 4.47 Å². The topological polar surface area (TPSA) is 47.0 Å². The molecule has 1 aliphatic carbocycles. The SMILES string of the molecule is CCOC(C)(CC)c1nc(NC)c(Br)c(C2CCCC2)n1. The molecule has 1 heterocycles. The average Bonchev–Trinajstić information content (AvgIpc) is 3.01. The highest BCUT2D eigenvalue weighted by atomic mass is 79.9. The first-order chi connectivity index (χ1) is 10.1. The second-order valence-corrected chi connectivity index (χ2v) is 6.64. The van der Waals surface area contributed by atoms with Crippen molar-refractivity contribution in [2.45, 2.75) is 64.4 Å². The molecule has 1 unspecified atom stereocenters. The molecule has 1 aromatic rings. The van der Waals surface area contributed by atoms with Crippen LogP contribution in [0.2, 0.25) is 0 Å². The van der Waals surface area contributed by atoms with Gasteiger partial charge in [-0.2, -0.15) is 0 Å². The minimum atomic E-state index is -0.422. The van der Waals surface area contributed by atoms with Crippen LogP contribution >= 0.6 is 15.9 Å². The van der Waals surface area contributed by atoms with Crippen molar-refractivity contribution >= 4 is 21.7 Å². The normalized spacial score (nSPS) is 18.7. The molecule has 1 fully saturated rings. The molecule has 0 spiro atoms. The Kier molecular flexibility index (Phi) is 5.60. The summed E-state index contributed by atoms with van der Waals surface area (Å²) >= 11 is 3.68. The van der Waals surface area contributed by atoms with Crippen LogP contribution in [-0.4, -0.2) is 23.6 Å². The minimum absolute atomic E-state index is 0.422. The van der Waals surface area contributed by atoms with E-state index >= 15 is 0 Å². The molecule has 1 N–H and O–H groups in total. The monoisotopic (exact) mass is 355 g/mol. The number of nitrogens with zero attached hydrogens (tertiary/aromatic N) is 2. The summed E-state index contributed by atoms with van der Waals surface area (Å²) in [5, 5.41) is 3.18. The first-order valence-electron chi connectivity index (χ1n) is 7.95. The van der Waals surface area contributed by atoms with Crippen LogP contribution in [0.5, 0.6) is 0 Å². The average molecular weight is 356 g/mol. The Balaban J connectivity index is 2.48. The third-order valence-electron chi connectivity index (χ3n) is 4.47. The van der Waals surface area contributed by atoms with Gasteiger partial charge in [0.05, 0.1) is 10.2 Å². The number of ether oxygens (including phenoxy) is 1. The second-order valence-electron chi connectivity index (χ2n) is 5.84. The van der Waals surface area contributed by atoms with Crippen LogP contribution < -0.4 is 5.32 Å². The lowest BCUT2D eigenvalue weighted by molar-refractivity contribution is -0.0391. The summed E-state index contributed by atoms with van der Waals surface area (Å²) in [7, 11) is 1.90. The van der Waals surface area contributed by atoms with Crippen LogP contribution in [0.3, 0.4) is 0 Å². The van der Waals surface area contributed by atoms with E-state index in [4.69, 9.17) is 14.7 Å². The fourth-order valence-electron chi connectivity index (χ4n) is 2.98. The zero-order valence-corrected chi connectivity index (χ0v) is 15.1. The van der Waals surface area contributed by atoms with Gasteiger partial charge in [-0.15, -0.1) is 0 Å². The molecule has 0 radical (unpaired) electrons. The molecule has 1 saturated carbocycles. The molecule has 0 aromatic carbocycles. The van der Waals surface area contributed by atoms with Gasteiger partial charge in [-0.1, -0.05) is 19.8 Å². The first-order valence-corrected chi connectivity index (χ1v) is 8.74. The molecule has 0 amide bonds. The zero-order chi connectivity index (χ0) is 15.5. The van der Waals surface area contributed by atoms with Crippen LogP contribution in [0.1, 0.15) is 70.3 Å². The van der Waals surface area contributed by atoms with Crippen molar-refractivity contribution in [1.29, 1.82) is 0 Å². The van der Waals surface area contributed by atoms with E-state index < -0.39 is 5.60 Å². The number of halogens is 1. The zero-order valence-electron chi connectivity index (χ0n) is 13.5. The minimum Gasteiger partial charge on any atom is -0.372 e. The number of anilines is 1. The maximum atomic E-state index is 5.95. The molecular weight excluding hydrogens is 330 g/mol. The van der Waals surface area contributed by atoms with E-state index in [0.29, 0.717) is 12.5 Å². The van der Waals surface area contributed by atoms with Gasteiger partial charge in [-0.3, -0.25) is 0 Å². The van der Waals surface area contributed by atoms with Gasteiger partial charge in [-0.25, -0.2) is 9.97 Å². The van der Waals surface area contributed by atoms with Gasteiger partial charge in [0.2, 0.25) is 0 Å². The van der Waals surface area contributed by atoms with Gasteiger partial charge < -0.3 is 10.1 Å². The van der Waals surface area contributed by atoms with Gasteiger partial charge >= 0.3 is 0 Å². The summed E-state index contributed by atoms with van der Waals surface area (Å²) < 4.78 is 6.96. The molecule has 21 heavy (non-hydrogen) atoms. The molecule has 4 nitrogen and oxygen atoms in total. The molecule has 2 rings (SSSR count). The summed E-state index contributed by atoms with van der Waals surface area (Å²) in [4.78, 5) is 9.59. The molecule has 0 aliphatic heterocycles. The number of hydrogen-bond acceptors (Lipinski definition) is 4. The predicted molar refractivity (Wildman–Crippen MR) is 89.8 cm³/mol. The molecule has 1 aromatic heterocycles. The maximum Gasteiger partial charge on any atom is 0.162 e. The van der Waals surface area contributed by atoms with E-state index in [9.17, 15) is 0 Å². The van der Waals surface area contributed by atoms with Crippen molar-refractivity contribution in [3.05, 3.63) is 16.0 Å². The largest absolute Gasteiger partial charge is 0.372 e. The first kappa shape index (κ1) is 16.7. The van der Waals surface area contributed by atoms with E-state index in [1.165, 1.54) is 25.7 Å². The lowest BCUT2D eigenvalue weighted by atomic mass is 9.99. The van der Waals surface area contributed by atoms with Crippen LogP contribution in [0, 0.1) is 0 Å². The Morgan fingerprint density at radius 1 is 1.29 bits per heavy atom. The van der Waals surface area contributed by atoms with Crippen molar-refractivity contribution in [3.63, 3.8) is 0 Å². The Hall–Kier alpha value is -0.680.